The minimum absolute atomic E-state index is 0.111. The van der Waals surface area contributed by atoms with Crippen LogP contribution in [0.3, 0.4) is 0 Å². The first kappa shape index (κ1) is 17.3. The molecule has 1 fully saturated rings. The number of rotatable bonds is 4. The molecule has 0 bridgehead atoms. The van der Waals surface area contributed by atoms with Gasteiger partial charge in [-0.2, -0.15) is 0 Å². The van der Waals surface area contributed by atoms with Crippen LogP contribution in [0.4, 0.5) is 4.39 Å². The zero-order valence-electron chi connectivity index (χ0n) is 15.0. The molecule has 138 valence electrons. The summed E-state index contributed by atoms with van der Waals surface area (Å²) in [5, 5.41) is 3.78. The summed E-state index contributed by atoms with van der Waals surface area (Å²) in [6, 6.07) is 13.3. The van der Waals surface area contributed by atoms with E-state index in [0.717, 1.165) is 22.0 Å². The molecule has 0 saturated carbocycles. The molecule has 1 unspecified atom stereocenters. The van der Waals surface area contributed by atoms with Crippen molar-refractivity contribution in [1.29, 1.82) is 0 Å². The van der Waals surface area contributed by atoms with Crippen LogP contribution < -0.4 is 5.32 Å². The lowest BCUT2D eigenvalue weighted by molar-refractivity contribution is -0.129. The van der Waals surface area contributed by atoms with Crippen molar-refractivity contribution < 1.29 is 14.0 Å². The molecule has 5 nitrogen and oxygen atoms in total. The van der Waals surface area contributed by atoms with Crippen LogP contribution in [0.25, 0.3) is 10.9 Å². The summed E-state index contributed by atoms with van der Waals surface area (Å²) in [6.07, 6.45) is 0.561. The van der Waals surface area contributed by atoms with Gasteiger partial charge in [0.25, 0.3) is 5.91 Å². The van der Waals surface area contributed by atoms with E-state index in [1.165, 1.54) is 12.1 Å². The zero-order chi connectivity index (χ0) is 19.0. The molecule has 3 aromatic rings. The molecular weight excluding hydrogens is 345 g/mol. The van der Waals surface area contributed by atoms with Gasteiger partial charge in [-0.15, -0.1) is 0 Å². The van der Waals surface area contributed by atoms with Crippen molar-refractivity contribution in [3.05, 3.63) is 71.2 Å². The summed E-state index contributed by atoms with van der Waals surface area (Å²) in [4.78, 5) is 29.9. The van der Waals surface area contributed by atoms with E-state index in [0.29, 0.717) is 25.2 Å². The Hall–Kier alpha value is -3.15. The Morgan fingerprint density at radius 2 is 2.00 bits per heavy atom. The number of nitrogens with one attached hydrogen (secondary N) is 2. The maximum Gasteiger partial charge on any atom is 0.268 e. The fourth-order valence-corrected chi connectivity index (χ4v) is 3.44. The molecule has 0 aliphatic carbocycles. The standard InChI is InChI=1S/C21H20FN3O2/c1-13-2-5-15-11-19(23-18(15)10-13)20(26)24-17-8-9-25(21(17)27)12-14-3-6-16(22)7-4-14/h2-7,10-11,17,23H,8-9,12H2,1H3,(H,24,26). The van der Waals surface area contributed by atoms with Crippen molar-refractivity contribution in [2.45, 2.75) is 25.9 Å². The molecule has 1 saturated heterocycles. The average molecular weight is 365 g/mol. The van der Waals surface area contributed by atoms with Gasteiger partial charge in [0.15, 0.2) is 0 Å². The Labute approximate surface area is 156 Å². The minimum atomic E-state index is -0.536. The first-order valence-electron chi connectivity index (χ1n) is 8.93. The summed E-state index contributed by atoms with van der Waals surface area (Å²) in [5.41, 5.74) is 3.32. The highest BCUT2D eigenvalue weighted by Crippen LogP contribution is 2.19. The van der Waals surface area contributed by atoms with Crippen LogP contribution in [0.2, 0.25) is 0 Å². The summed E-state index contributed by atoms with van der Waals surface area (Å²) in [7, 11) is 0. The number of H-pyrrole nitrogens is 1. The van der Waals surface area contributed by atoms with Gasteiger partial charge >= 0.3 is 0 Å². The Morgan fingerprint density at radius 3 is 2.78 bits per heavy atom. The van der Waals surface area contributed by atoms with Gasteiger partial charge < -0.3 is 15.2 Å². The highest BCUT2D eigenvalue weighted by atomic mass is 19.1. The third kappa shape index (κ3) is 3.56. The molecule has 2 N–H and O–H groups in total. The van der Waals surface area contributed by atoms with Crippen LogP contribution in [-0.4, -0.2) is 34.3 Å². The van der Waals surface area contributed by atoms with Crippen molar-refractivity contribution in [3.63, 3.8) is 0 Å². The molecule has 0 spiro atoms. The van der Waals surface area contributed by atoms with E-state index in [4.69, 9.17) is 0 Å². The van der Waals surface area contributed by atoms with Crippen LogP contribution >= 0.6 is 0 Å². The number of carbonyl (C=O) groups is 2. The SMILES string of the molecule is Cc1ccc2cc(C(=O)NC3CCN(Cc4ccc(F)cc4)C3=O)[nH]c2c1. The molecule has 2 aromatic carbocycles. The van der Waals surface area contributed by atoms with Crippen molar-refractivity contribution in [2.24, 2.45) is 0 Å². The van der Waals surface area contributed by atoms with E-state index < -0.39 is 6.04 Å². The highest BCUT2D eigenvalue weighted by Gasteiger charge is 2.33. The van der Waals surface area contributed by atoms with E-state index in [2.05, 4.69) is 10.3 Å². The fourth-order valence-electron chi connectivity index (χ4n) is 3.44. The number of likely N-dealkylation sites (tertiary alicyclic amines) is 1. The van der Waals surface area contributed by atoms with Crippen LogP contribution in [-0.2, 0) is 11.3 Å². The number of aryl methyl sites for hydroxylation is 1. The Bertz CT molecular complexity index is 1010. The lowest BCUT2D eigenvalue weighted by atomic mass is 10.2. The van der Waals surface area contributed by atoms with E-state index in [9.17, 15) is 14.0 Å². The quantitative estimate of drug-likeness (QED) is 0.746. The zero-order valence-corrected chi connectivity index (χ0v) is 15.0. The number of hydrogen-bond acceptors (Lipinski definition) is 2. The number of halogens is 1. The third-order valence-corrected chi connectivity index (χ3v) is 4.91. The number of fused-ring (bicyclic) bond motifs is 1. The highest BCUT2D eigenvalue weighted by molar-refractivity contribution is 6.00. The fraction of sp³-hybridized carbons (Fsp3) is 0.238. The molecule has 1 atom stereocenters. The number of hydrogen-bond donors (Lipinski definition) is 2. The second-order valence-electron chi connectivity index (χ2n) is 6.97. The molecule has 1 aromatic heterocycles. The number of aromatic nitrogens is 1. The van der Waals surface area contributed by atoms with Gasteiger partial charge in [0.1, 0.15) is 17.6 Å². The van der Waals surface area contributed by atoms with Crippen LogP contribution in [0.15, 0.2) is 48.5 Å². The van der Waals surface area contributed by atoms with Gasteiger partial charge in [0.05, 0.1) is 0 Å². The number of nitrogens with zero attached hydrogens (tertiary/aromatic N) is 1. The van der Waals surface area contributed by atoms with Crippen molar-refractivity contribution in [3.8, 4) is 0 Å². The van der Waals surface area contributed by atoms with Crippen molar-refractivity contribution >= 4 is 22.7 Å². The third-order valence-electron chi connectivity index (χ3n) is 4.91. The van der Waals surface area contributed by atoms with E-state index in [1.54, 1.807) is 23.1 Å². The summed E-state index contributed by atoms with van der Waals surface area (Å²) < 4.78 is 13.0. The monoisotopic (exact) mass is 365 g/mol. The predicted octanol–water partition coefficient (Wildman–Crippen LogP) is 3.15. The Morgan fingerprint density at radius 1 is 1.22 bits per heavy atom. The first-order chi connectivity index (χ1) is 13.0. The smallest absolute Gasteiger partial charge is 0.268 e. The van der Waals surface area contributed by atoms with Crippen LogP contribution in [0.1, 0.15) is 28.0 Å². The number of amides is 2. The maximum atomic E-state index is 13.0. The van der Waals surface area contributed by atoms with Crippen LogP contribution in [0.5, 0.6) is 0 Å². The first-order valence-corrected chi connectivity index (χ1v) is 8.93. The van der Waals surface area contributed by atoms with E-state index in [-0.39, 0.29) is 17.6 Å². The topological polar surface area (TPSA) is 65.2 Å². The normalized spacial score (nSPS) is 16.9. The van der Waals surface area contributed by atoms with Gasteiger partial charge in [-0.1, -0.05) is 24.3 Å². The summed E-state index contributed by atoms with van der Waals surface area (Å²) in [5.74, 6) is -0.698. The molecular formula is C21H20FN3O2. The maximum absolute atomic E-state index is 13.0. The number of aromatic amines is 1. The Kier molecular flexibility index (Phi) is 4.39. The molecule has 1 aliphatic rings. The second-order valence-corrected chi connectivity index (χ2v) is 6.97. The number of carbonyl (C=O) groups excluding carboxylic acids is 2. The van der Waals surface area contributed by atoms with Crippen molar-refractivity contribution in [1.82, 2.24) is 15.2 Å². The van der Waals surface area contributed by atoms with Gasteiger partial charge in [0, 0.05) is 24.0 Å². The molecule has 1 aliphatic heterocycles. The molecule has 0 radical (unpaired) electrons. The van der Waals surface area contributed by atoms with Gasteiger partial charge in [-0.05, 0) is 48.7 Å². The van der Waals surface area contributed by atoms with E-state index >= 15 is 0 Å². The lowest BCUT2D eigenvalue weighted by Gasteiger charge is -2.17. The van der Waals surface area contributed by atoms with Gasteiger partial charge in [-0.25, -0.2) is 4.39 Å². The van der Waals surface area contributed by atoms with Gasteiger partial charge in [0.2, 0.25) is 5.91 Å². The number of benzene rings is 2. The van der Waals surface area contributed by atoms with Gasteiger partial charge in [-0.3, -0.25) is 9.59 Å². The van der Waals surface area contributed by atoms with Crippen molar-refractivity contribution in [2.75, 3.05) is 6.54 Å². The molecule has 6 heteroatoms. The van der Waals surface area contributed by atoms with Crippen LogP contribution in [0, 0.1) is 12.7 Å². The molecule has 2 heterocycles. The second kappa shape index (κ2) is 6.87. The average Bonchev–Trinajstić information content (AvgIpc) is 3.21. The van der Waals surface area contributed by atoms with E-state index in [1.807, 2.05) is 25.1 Å². The summed E-state index contributed by atoms with van der Waals surface area (Å²) >= 11 is 0. The summed E-state index contributed by atoms with van der Waals surface area (Å²) in [6.45, 7) is 2.97. The lowest BCUT2D eigenvalue weighted by Crippen LogP contribution is -2.41. The molecule has 2 amide bonds. The Balaban J connectivity index is 1.42. The largest absolute Gasteiger partial charge is 0.351 e. The molecule has 4 rings (SSSR count). The predicted molar refractivity (Wildman–Crippen MR) is 101 cm³/mol. The minimum Gasteiger partial charge on any atom is -0.351 e. The molecule has 27 heavy (non-hydrogen) atoms.